The van der Waals surface area contributed by atoms with Gasteiger partial charge < -0.3 is 16.8 Å². The maximum atomic E-state index is 5.60. The summed E-state index contributed by atoms with van der Waals surface area (Å²) in [4.78, 5) is 7.52. The van der Waals surface area contributed by atoms with E-state index in [1.807, 2.05) is 5.01 Å². The Hall–Kier alpha value is -1.05. The first-order chi connectivity index (χ1) is 6.72. The molecular weight excluding hydrogens is 218 g/mol. The van der Waals surface area contributed by atoms with E-state index < -0.39 is 0 Å². The van der Waals surface area contributed by atoms with Crippen LogP contribution < -0.4 is 22.2 Å². The van der Waals surface area contributed by atoms with Gasteiger partial charge >= 0.3 is 0 Å². The summed E-state index contributed by atoms with van der Waals surface area (Å²) in [6.45, 7) is 3.66. The normalized spacial score (nSPS) is 19.5. The van der Waals surface area contributed by atoms with Crippen LogP contribution in [0.3, 0.4) is 0 Å². The van der Waals surface area contributed by atoms with Gasteiger partial charge in [0.05, 0.1) is 0 Å². The van der Waals surface area contributed by atoms with Gasteiger partial charge in [-0.15, -0.1) is 12.4 Å². The standard InChI is InChI=1S/C7H17N7.ClH/c1-10-6(8)12-7(9)13-14-4-2-11-3-5-14;/h11H,2-5H2,1H3,(H5,8,9,10,12,13);1H. The summed E-state index contributed by atoms with van der Waals surface area (Å²) in [5.41, 5.74) is 13.9. The second kappa shape index (κ2) is 7.27. The fourth-order valence-corrected chi connectivity index (χ4v) is 1.14. The van der Waals surface area contributed by atoms with Crippen molar-refractivity contribution in [3.05, 3.63) is 0 Å². The topological polar surface area (TPSA) is 104 Å². The Morgan fingerprint density at radius 3 is 2.47 bits per heavy atom. The number of halogens is 1. The van der Waals surface area contributed by atoms with E-state index in [0.717, 1.165) is 26.2 Å². The van der Waals surface area contributed by atoms with Crippen LogP contribution in [-0.2, 0) is 0 Å². The van der Waals surface area contributed by atoms with E-state index in [4.69, 9.17) is 11.5 Å². The fraction of sp³-hybridized carbons (Fsp3) is 0.714. The number of hydrogen-bond donors (Lipinski definition) is 4. The second-order valence-corrected chi connectivity index (χ2v) is 2.93. The van der Waals surface area contributed by atoms with Crippen LogP contribution in [0.4, 0.5) is 0 Å². The van der Waals surface area contributed by atoms with Crippen LogP contribution in [0.15, 0.2) is 9.98 Å². The first kappa shape index (κ1) is 13.9. The van der Waals surface area contributed by atoms with Gasteiger partial charge in [-0.05, 0) is 0 Å². The van der Waals surface area contributed by atoms with Crippen LogP contribution in [0.5, 0.6) is 0 Å². The van der Waals surface area contributed by atoms with Gasteiger partial charge in [0.1, 0.15) is 0 Å². The Bertz CT molecular complexity index is 233. The minimum absolute atomic E-state index is 0. The molecule has 1 aliphatic rings. The highest BCUT2D eigenvalue weighted by Gasteiger charge is 2.09. The van der Waals surface area contributed by atoms with Gasteiger partial charge in [0.25, 0.3) is 0 Å². The van der Waals surface area contributed by atoms with Gasteiger partial charge in [-0.1, -0.05) is 0 Å². The Balaban J connectivity index is 0.00000196. The van der Waals surface area contributed by atoms with Crippen molar-refractivity contribution in [2.24, 2.45) is 21.5 Å². The Labute approximate surface area is 95.4 Å². The minimum Gasteiger partial charge on any atom is -0.368 e. The molecule has 0 amide bonds. The highest BCUT2D eigenvalue weighted by Crippen LogP contribution is 1.85. The predicted octanol–water partition coefficient (Wildman–Crippen LogP) is -1.92. The molecule has 0 aliphatic carbocycles. The second-order valence-electron chi connectivity index (χ2n) is 2.93. The Morgan fingerprint density at radius 2 is 1.93 bits per heavy atom. The first-order valence-corrected chi connectivity index (χ1v) is 4.51. The Morgan fingerprint density at radius 1 is 1.33 bits per heavy atom. The molecule has 1 saturated heterocycles. The zero-order chi connectivity index (χ0) is 10.4. The molecule has 1 aliphatic heterocycles. The van der Waals surface area contributed by atoms with Crippen LogP contribution in [0.2, 0.25) is 0 Å². The molecule has 1 rings (SSSR count). The maximum Gasteiger partial charge on any atom is 0.218 e. The molecular formula is C7H18ClN7. The number of nitrogens with zero attached hydrogens (tertiary/aromatic N) is 3. The Kier molecular flexibility index (Phi) is 6.76. The van der Waals surface area contributed by atoms with Crippen LogP contribution in [-0.4, -0.2) is 50.2 Å². The third-order valence-electron chi connectivity index (χ3n) is 1.85. The third kappa shape index (κ3) is 5.40. The van der Waals surface area contributed by atoms with E-state index in [9.17, 15) is 0 Å². The molecule has 0 aromatic heterocycles. The molecule has 15 heavy (non-hydrogen) atoms. The molecule has 0 aromatic carbocycles. The van der Waals surface area contributed by atoms with Crippen molar-refractivity contribution in [3.8, 4) is 0 Å². The lowest BCUT2D eigenvalue weighted by Gasteiger charge is -2.27. The summed E-state index contributed by atoms with van der Waals surface area (Å²) in [6, 6.07) is 0. The van der Waals surface area contributed by atoms with E-state index in [1.54, 1.807) is 7.05 Å². The average molecular weight is 236 g/mol. The van der Waals surface area contributed by atoms with Gasteiger partial charge in [0, 0.05) is 33.2 Å². The predicted molar refractivity (Wildman–Crippen MR) is 64.0 cm³/mol. The van der Waals surface area contributed by atoms with E-state index in [-0.39, 0.29) is 24.3 Å². The molecule has 0 unspecified atom stereocenters. The number of hydrogen-bond acceptors (Lipinski definition) is 3. The number of rotatable bonds is 1. The maximum absolute atomic E-state index is 5.60. The zero-order valence-electron chi connectivity index (χ0n) is 8.73. The largest absolute Gasteiger partial charge is 0.368 e. The van der Waals surface area contributed by atoms with Gasteiger partial charge in [0.15, 0.2) is 0 Å². The molecule has 0 radical (unpaired) electrons. The molecule has 1 heterocycles. The van der Waals surface area contributed by atoms with Crippen LogP contribution >= 0.6 is 12.4 Å². The molecule has 88 valence electrons. The van der Waals surface area contributed by atoms with Crippen molar-refractivity contribution in [3.63, 3.8) is 0 Å². The molecule has 6 N–H and O–H groups in total. The molecule has 8 heteroatoms. The SMILES string of the molecule is CN=C(N)/N=C(\N)NN1CCNCC1.Cl. The fourth-order valence-electron chi connectivity index (χ4n) is 1.14. The van der Waals surface area contributed by atoms with E-state index in [1.165, 1.54) is 0 Å². The van der Waals surface area contributed by atoms with E-state index in [0.29, 0.717) is 0 Å². The molecule has 0 aromatic rings. The summed E-state index contributed by atoms with van der Waals surface area (Å²) in [5, 5.41) is 5.21. The third-order valence-corrected chi connectivity index (χ3v) is 1.85. The number of piperazine rings is 1. The number of aliphatic imine (C=N–C) groups is 2. The lowest BCUT2D eigenvalue weighted by molar-refractivity contribution is 0.205. The lowest BCUT2D eigenvalue weighted by Crippen LogP contribution is -2.54. The van der Waals surface area contributed by atoms with Crippen molar-refractivity contribution in [1.82, 2.24) is 15.8 Å². The smallest absolute Gasteiger partial charge is 0.218 e. The van der Waals surface area contributed by atoms with E-state index in [2.05, 4.69) is 20.7 Å². The number of hydrazine groups is 1. The average Bonchev–Trinajstić information content (AvgIpc) is 2.19. The monoisotopic (exact) mass is 235 g/mol. The van der Waals surface area contributed by atoms with Gasteiger partial charge in [-0.3, -0.25) is 10.4 Å². The van der Waals surface area contributed by atoms with Gasteiger partial charge in [0.2, 0.25) is 11.9 Å². The van der Waals surface area contributed by atoms with Crippen LogP contribution in [0.1, 0.15) is 0 Å². The minimum atomic E-state index is 0. The van der Waals surface area contributed by atoms with E-state index >= 15 is 0 Å². The molecule has 1 fully saturated rings. The number of nitrogens with two attached hydrogens (primary N) is 2. The van der Waals surface area contributed by atoms with Gasteiger partial charge in [-0.25, -0.2) is 5.01 Å². The van der Waals surface area contributed by atoms with Crippen LogP contribution in [0, 0.1) is 0 Å². The highest BCUT2D eigenvalue weighted by atomic mass is 35.5. The summed E-state index contributed by atoms with van der Waals surface area (Å²) in [7, 11) is 1.57. The number of nitrogens with one attached hydrogen (secondary N) is 2. The van der Waals surface area contributed by atoms with Crippen molar-refractivity contribution in [2.75, 3.05) is 33.2 Å². The molecule has 0 bridgehead atoms. The highest BCUT2D eigenvalue weighted by molar-refractivity contribution is 5.92. The number of guanidine groups is 2. The van der Waals surface area contributed by atoms with Crippen molar-refractivity contribution in [2.45, 2.75) is 0 Å². The van der Waals surface area contributed by atoms with Crippen molar-refractivity contribution >= 4 is 24.3 Å². The first-order valence-electron chi connectivity index (χ1n) is 4.51. The molecule has 0 saturated carbocycles. The summed E-state index contributed by atoms with van der Waals surface area (Å²) in [6.07, 6.45) is 0. The molecule has 7 nitrogen and oxygen atoms in total. The van der Waals surface area contributed by atoms with Crippen LogP contribution in [0.25, 0.3) is 0 Å². The summed E-state index contributed by atoms with van der Waals surface area (Å²) in [5.74, 6) is 0.445. The summed E-state index contributed by atoms with van der Waals surface area (Å²) >= 11 is 0. The lowest BCUT2D eigenvalue weighted by atomic mass is 10.4. The quantitative estimate of drug-likeness (QED) is 0.313. The summed E-state index contributed by atoms with van der Waals surface area (Å²) < 4.78 is 0. The van der Waals surface area contributed by atoms with Crippen molar-refractivity contribution in [1.29, 1.82) is 0 Å². The zero-order valence-corrected chi connectivity index (χ0v) is 9.55. The van der Waals surface area contributed by atoms with Gasteiger partial charge in [-0.2, -0.15) is 4.99 Å². The molecule has 0 atom stereocenters. The molecule has 0 spiro atoms. The van der Waals surface area contributed by atoms with Crippen molar-refractivity contribution < 1.29 is 0 Å².